The maximum Gasteiger partial charge on any atom is 0.325 e. The Bertz CT molecular complexity index is 1090. The van der Waals surface area contributed by atoms with Crippen LogP contribution >= 0.6 is 11.6 Å². The first kappa shape index (κ1) is 22.0. The first-order chi connectivity index (χ1) is 14.7. The number of benzene rings is 2. The van der Waals surface area contributed by atoms with Gasteiger partial charge in [0, 0.05) is 37.1 Å². The molecule has 0 aromatic heterocycles. The van der Waals surface area contributed by atoms with Crippen molar-refractivity contribution in [1.29, 1.82) is 0 Å². The van der Waals surface area contributed by atoms with Crippen LogP contribution in [0, 0.1) is 11.7 Å². The normalized spacial score (nSPS) is 26.6. The highest BCUT2D eigenvalue weighted by molar-refractivity contribution is 7.87. The Kier molecular flexibility index (Phi) is 5.72. The quantitative estimate of drug-likeness (QED) is 0.681. The van der Waals surface area contributed by atoms with Gasteiger partial charge in [-0.3, -0.25) is 4.79 Å². The molecule has 3 atom stereocenters. The van der Waals surface area contributed by atoms with Gasteiger partial charge in [0.1, 0.15) is 11.4 Å². The highest BCUT2D eigenvalue weighted by atomic mass is 35.5. The van der Waals surface area contributed by atoms with Crippen molar-refractivity contribution in [3.63, 3.8) is 0 Å². The molecule has 31 heavy (non-hydrogen) atoms. The second-order valence-electron chi connectivity index (χ2n) is 7.94. The van der Waals surface area contributed by atoms with Gasteiger partial charge in [0.25, 0.3) is 10.2 Å². The van der Waals surface area contributed by atoms with Crippen LogP contribution in [0.3, 0.4) is 0 Å². The van der Waals surface area contributed by atoms with E-state index >= 15 is 0 Å². The van der Waals surface area contributed by atoms with E-state index in [1.54, 1.807) is 48.2 Å². The minimum atomic E-state index is -4.06. The summed E-state index contributed by atoms with van der Waals surface area (Å²) in [7, 11) is -4.06. The number of carbonyl (C=O) groups is 1. The summed E-state index contributed by atoms with van der Waals surface area (Å²) in [6.45, 7) is 2.50. The van der Waals surface area contributed by atoms with Gasteiger partial charge >= 0.3 is 5.97 Å². The monoisotopic (exact) mass is 467 g/mol. The summed E-state index contributed by atoms with van der Waals surface area (Å²) in [5.74, 6) is -2.51. The van der Waals surface area contributed by atoms with Crippen molar-refractivity contribution < 1.29 is 22.7 Å². The minimum absolute atomic E-state index is 0.109. The topological polar surface area (TPSA) is 90.0 Å². The number of piperazine rings is 1. The fourth-order valence-electron chi connectivity index (χ4n) is 4.49. The Morgan fingerprint density at radius 1 is 1.16 bits per heavy atom. The number of nitrogens with one attached hydrogen (secondary N) is 1. The number of halogens is 2. The highest BCUT2D eigenvalue weighted by Crippen LogP contribution is 2.57. The molecule has 4 rings (SSSR count). The van der Waals surface area contributed by atoms with E-state index in [-0.39, 0.29) is 31.2 Å². The third-order valence-electron chi connectivity index (χ3n) is 6.24. The van der Waals surface area contributed by atoms with Crippen LogP contribution < -0.4 is 9.62 Å². The Labute approximate surface area is 185 Å². The Hall–Kier alpha value is -2.20. The number of anilines is 1. The van der Waals surface area contributed by atoms with Crippen LogP contribution in [-0.2, 0) is 15.0 Å². The van der Waals surface area contributed by atoms with E-state index < -0.39 is 39.4 Å². The molecule has 1 saturated heterocycles. The van der Waals surface area contributed by atoms with Crippen molar-refractivity contribution in [2.24, 2.45) is 5.92 Å². The number of hydrogen-bond donors (Lipinski definition) is 2. The number of aliphatic carboxylic acids is 1. The molecule has 1 heterocycles. The predicted molar refractivity (Wildman–Crippen MR) is 116 cm³/mol. The van der Waals surface area contributed by atoms with Crippen molar-refractivity contribution in [3.05, 3.63) is 64.9 Å². The molecule has 0 bridgehead atoms. The summed E-state index contributed by atoms with van der Waals surface area (Å²) in [6, 6.07) is 13.4. The molecule has 1 saturated carbocycles. The van der Waals surface area contributed by atoms with Gasteiger partial charge in [-0.1, -0.05) is 48.9 Å². The van der Waals surface area contributed by atoms with Gasteiger partial charge in [-0.25, -0.2) is 4.39 Å². The number of carboxylic acid groups (broad SMARTS) is 1. The molecule has 7 nitrogen and oxygen atoms in total. The summed E-state index contributed by atoms with van der Waals surface area (Å²) in [4.78, 5) is 13.9. The van der Waals surface area contributed by atoms with Crippen molar-refractivity contribution >= 4 is 33.5 Å². The molecule has 2 aromatic carbocycles. The largest absolute Gasteiger partial charge is 0.480 e. The molecule has 2 N–H and O–H groups in total. The maximum absolute atomic E-state index is 14.2. The van der Waals surface area contributed by atoms with Gasteiger partial charge in [-0.05, 0) is 29.7 Å². The van der Waals surface area contributed by atoms with Crippen molar-refractivity contribution in [1.82, 2.24) is 9.03 Å². The average molecular weight is 468 g/mol. The molecule has 0 radical (unpaired) electrons. The standard InChI is InChI=1S/C21H23ClFN3O4S/c1-14-19(15-5-3-2-4-6-15)21(14,20(27)28)24-31(29,30)26-11-9-25(10-12-26)18-8-7-16(22)13-17(18)23/h2-8,13-14,19,24H,9-12H2,1H3,(H,27,28)/t14?,19-,21-/m0/s1. The number of nitrogens with zero attached hydrogens (tertiary/aromatic N) is 2. The lowest BCUT2D eigenvalue weighted by Crippen LogP contribution is -2.56. The zero-order valence-electron chi connectivity index (χ0n) is 16.8. The van der Waals surface area contributed by atoms with E-state index in [0.717, 1.165) is 5.56 Å². The summed E-state index contributed by atoms with van der Waals surface area (Å²) in [5, 5.41) is 10.2. The second kappa shape index (κ2) is 8.05. The lowest BCUT2D eigenvalue weighted by molar-refractivity contribution is -0.140. The molecule has 1 aliphatic heterocycles. The Morgan fingerprint density at radius 3 is 2.39 bits per heavy atom. The van der Waals surface area contributed by atoms with Gasteiger partial charge in [0.05, 0.1) is 5.69 Å². The van der Waals surface area contributed by atoms with Crippen LogP contribution in [0.25, 0.3) is 0 Å². The fraction of sp³-hybridized carbons (Fsp3) is 0.381. The van der Waals surface area contributed by atoms with Crippen LogP contribution in [-0.4, -0.2) is 55.5 Å². The molecule has 2 fully saturated rings. The summed E-state index contributed by atoms with van der Waals surface area (Å²) < 4.78 is 44.0. The molecule has 0 amide bonds. The summed E-state index contributed by atoms with van der Waals surface area (Å²) in [6.07, 6.45) is 0. The first-order valence-corrected chi connectivity index (χ1v) is 11.8. The average Bonchev–Trinajstić information content (AvgIpc) is 3.32. The number of carboxylic acids is 1. The predicted octanol–water partition coefficient (Wildman–Crippen LogP) is 2.69. The minimum Gasteiger partial charge on any atom is -0.480 e. The van der Waals surface area contributed by atoms with Crippen LogP contribution in [0.2, 0.25) is 5.02 Å². The van der Waals surface area contributed by atoms with Crippen molar-refractivity contribution in [3.8, 4) is 0 Å². The Morgan fingerprint density at radius 2 is 1.81 bits per heavy atom. The molecule has 2 aromatic rings. The maximum atomic E-state index is 14.2. The lowest BCUT2D eigenvalue weighted by Gasteiger charge is -2.36. The molecule has 1 unspecified atom stereocenters. The molecular formula is C21H23ClFN3O4S. The summed E-state index contributed by atoms with van der Waals surface area (Å²) >= 11 is 5.80. The first-order valence-electron chi connectivity index (χ1n) is 9.94. The lowest BCUT2D eigenvalue weighted by atomic mass is 10.1. The molecule has 2 aliphatic rings. The van der Waals surface area contributed by atoms with Crippen LogP contribution in [0.15, 0.2) is 48.5 Å². The highest BCUT2D eigenvalue weighted by Gasteiger charge is 2.70. The summed E-state index contributed by atoms with van der Waals surface area (Å²) in [5.41, 5.74) is -0.445. The van der Waals surface area contributed by atoms with Gasteiger partial charge < -0.3 is 10.0 Å². The third kappa shape index (κ3) is 3.91. The molecule has 0 spiro atoms. The van der Waals surface area contributed by atoms with Gasteiger partial charge in [-0.15, -0.1) is 0 Å². The van der Waals surface area contributed by atoms with Crippen LogP contribution in [0.1, 0.15) is 18.4 Å². The van der Waals surface area contributed by atoms with Gasteiger partial charge in [0.15, 0.2) is 0 Å². The van der Waals surface area contributed by atoms with Crippen LogP contribution in [0.4, 0.5) is 10.1 Å². The fourth-order valence-corrected chi connectivity index (χ4v) is 6.24. The smallest absolute Gasteiger partial charge is 0.325 e. The van der Waals surface area contributed by atoms with E-state index in [1.165, 1.54) is 10.4 Å². The number of rotatable bonds is 6. The van der Waals surface area contributed by atoms with Crippen LogP contribution in [0.5, 0.6) is 0 Å². The van der Waals surface area contributed by atoms with Gasteiger partial charge in [0.2, 0.25) is 0 Å². The van der Waals surface area contributed by atoms with E-state index in [4.69, 9.17) is 11.6 Å². The third-order valence-corrected chi connectivity index (χ3v) is 8.11. The van der Waals surface area contributed by atoms with E-state index in [2.05, 4.69) is 4.72 Å². The SMILES string of the molecule is CC1[C@@H](c2ccccc2)[C@]1(NS(=O)(=O)N1CCN(c2ccc(Cl)cc2F)CC1)C(=O)O. The van der Waals surface area contributed by atoms with Gasteiger partial charge in [-0.2, -0.15) is 17.4 Å². The molecule has 166 valence electrons. The van der Waals surface area contributed by atoms with Crippen molar-refractivity contribution in [2.75, 3.05) is 31.1 Å². The molecular weight excluding hydrogens is 445 g/mol. The zero-order valence-corrected chi connectivity index (χ0v) is 18.4. The zero-order chi connectivity index (χ0) is 22.4. The molecule has 10 heteroatoms. The van der Waals surface area contributed by atoms with E-state index in [0.29, 0.717) is 5.69 Å². The molecule has 1 aliphatic carbocycles. The second-order valence-corrected chi connectivity index (χ2v) is 10.0. The Balaban J connectivity index is 1.48. The van der Waals surface area contributed by atoms with E-state index in [9.17, 15) is 22.7 Å². The van der Waals surface area contributed by atoms with Crippen molar-refractivity contribution in [2.45, 2.75) is 18.4 Å². The van der Waals surface area contributed by atoms with E-state index in [1.807, 2.05) is 6.07 Å². The number of hydrogen-bond acceptors (Lipinski definition) is 4.